The van der Waals surface area contributed by atoms with E-state index in [1.807, 2.05) is 16.9 Å². The number of rotatable bonds is 4. The molecule has 0 radical (unpaired) electrons. The van der Waals surface area contributed by atoms with E-state index < -0.39 is 0 Å². The van der Waals surface area contributed by atoms with Crippen LogP contribution in [0.25, 0.3) is 0 Å². The molecule has 4 nitrogen and oxygen atoms in total. The first-order valence-electron chi connectivity index (χ1n) is 6.77. The molecule has 94 valence electrons. The molecular formula is C13H22N4. The van der Waals surface area contributed by atoms with Crippen LogP contribution in [0.3, 0.4) is 0 Å². The Labute approximate surface area is 103 Å². The van der Waals surface area contributed by atoms with Gasteiger partial charge in [-0.05, 0) is 38.8 Å². The van der Waals surface area contributed by atoms with Crippen LogP contribution in [0.2, 0.25) is 0 Å². The molecule has 3 rings (SSSR count). The van der Waals surface area contributed by atoms with Crippen LogP contribution in [0.4, 0.5) is 0 Å². The lowest BCUT2D eigenvalue weighted by molar-refractivity contribution is 0.113. The van der Waals surface area contributed by atoms with Gasteiger partial charge in [0.25, 0.3) is 0 Å². The molecule has 2 aliphatic rings. The molecule has 0 aromatic carbocycles. The quantitative estimate of drug-likeness (QED) is 0.847. The molecule has 0 aliphatic carbocycles. The maximum atomic E-state index is 4.28. The van der Waals surface area contributed by atoms with Crippen LogP contribution in [-0.4, -0.2) is 46.4 Å². The van der Waals surface area contributed by atoms with Crippen molar-refractivity contribution in [1.29, 1.82) is 0 Å². The summed E-state index contributed by atoms with van der Waals surface area (Å²) in [5.74, 6) is 0. The average Bonchev–Trinajstić information content (AvgIpc) is 2.93. The van der Waals surface area contributed by atoms with Gasteiger partial charge in [0.05, 0.1) is 6.54 Å². The molecule has 2 fully saturated rings. The van der Waals surface area contributed by atoms with Gasteiger partial charge >= 0.3 is 0 Å². The number of hydrogen-bond acceptors (Lipinski definition) is 3. The van der Waals surface area contributed by atoms with E-state index >= 15 is 0 Å². The second-order valence-corrected chi connectivity index (χ2v) is 5.35. The Kier molecular flexibility index (Phi) is 3.16. The molecule has 4 heteroatoms. The predicted molar refractivity (Wildman–Crippen MR) is 67.8 cm³/mol. The van der Waals surface area contributed by atoms with E-state index in [4.69, 9.17) is 0 Å². The van der Waals surface area contributed by atoms with E-state index in [0.29, 0.717) is 0 Å². The van der Waals surface area contributed by atoms with E-state index in [0.717, 1.165) is 31.2 Å². The topological polar surface area (TPSA) is 33.1 Å². The van der Waals surface area contributed by atoms with Gasteiger partial charge in [-0.2, -0.15) is 5.10 Å². The molecule has 2 saturated heterocycles. The zero-order valence-corrected chi connectivity index (χ0v) is 10.5. The fourth-order valence-electron chi connectivity index (χ4n) is 3.53. The van der Waals surface area contributed by atoms with Crippen LogP contribution in [0, 0.1) is 0 Å². The Morgan fingerprint density at radius 3 is 2.59 bits per heavy atom. The predicted octanol–water partition coefficient (Wildman–Crippen LogP) is 1.10. The minimum Gasteiger partial charge on any atom is -0.317 e. The van der Waals surface area contributed by atoms with E-state index in [-0.39, 0.29) is 0 Å². The minimum absolute atomic E-state index is 0.744. The number of nitrogens with one attached hydrogen (secondary N) is 1. The molecule has 2 unspecified atom stereocenters. The van der Waals surface area contributed by atoms with Crippen molar-refractivity contribution in [3.63, 3.8) is 0 Å². The summed E-state index contributed by atoms with van der Waals surface area (Å²) in [5.41, 5.74) is 0. The Morgan fingerprint density at radius 2 is 2.00 bits per heavy atom. The second-order valence-electron chi connectivity index (χ2n) is 5.35. The van der Waals surface area contributed by atoms with Crippen LogP contribution in [0.15, 0.2) is 18.5 Å². The van der Waals surface area contributed by atoms with Crippen molar-refractivity contribution in [3.8, 4) is 0 Å². The van der Waals surface area contributed by atoms with Gasteiger partial charge in [0.2, 0.25) is 0 Å². The third kappa shape index (κ3) is 2.24. The molecule has 17 heavy (non-hydrogen) atoms. The Balaban J connectivity index is 1.58. The lowest BCUT2D eigenvalue weighted by atomic mass is 9.97. The molecule has 0 saturated carbocycles. The third-order valence-electron chi connectivity index (χ3n) is 4.44. The zero-order chi connectivity index (χ0) is 11.7. The summed E-state index contributed by atoms with van der Waals surface area (Å²) in [7, 11) is 2.10. The largest absolute Gasteiger partial charge is 0.317 e. The highest BCUT2D eigenvalue weighted by Gasteiger charge is 2.39. The molecule has 0 amide bonds. The van der Waals surface area contributed by atoms with Crippen molar-refractivity contribution >= 4 is 0 Å². The van der Waals surface area contributed by atoms with Crippen LogP contribution in [0.5, 0.6) is 0 Å². The van der Waals surface area contributed by atoms with Crippen molar-refractivity contribution in [2.45, 2.75) is 50.4 Å². The summed E-state index contributed by atoms with van der Waals surface area (Å²) in [6.45, 7) is 2.19. The highest BCUT2D eigenvalue weighted by atomic mass is 15.3. The van der Waals surface area contributed by atoms with E-state index in [9.17, 15) is 0 Å². The first-order chi connectivity index (χ1) is 8.36. The molecule has 1 aromatic rings. The maximum absolute atomic E-state index is 4.28. The van der Waals surface area contributed by atoms with Gasteiger partial charge in [-0.1, -0.05) is 0 Å². The van der Waals surface area contributed by atoms with Crippen LogP contribution in [-0.2, 0) is 6.54 Å². The molecule has 2 atom stereocenters. The summed E-state index contributed by atoms with van der Waals surface area (Å²) in [6, 6.07) is 4.36. The zero-order valence-electron chi connectivity index (χ0n) is 10.5. The normalized spacial score (nSPS) is 33.1. The van der Waals surface area contributed by atoms with Crippen molar-refractivity contribution in [2.75, 3.05) is 13.6 Å². The molecule has 1 aromatic heterocycles. The summed E-state index contributed by atoms with van der Waals surface area (Å²) >= 11 is 0. The fraction of sp³-hybridized carbons (Fsp3) is 0.769. The van der Waals surface area contributed by atoms with E-state index in [2.05, 4.69) is 28.6 Å². The van der Waals surface area contributed by atoms with Gasteiger partial charge in [-0.15, -0.1) is 0 Å². The van der Waals surface area contributed by atoms with Gasteiger partial charge in [-0.25, -0.2) is 0 Å². The number of aromatic nitrogens is 2. The van der Waals surface area contributed by atoms with Crippen molar-refractivity contribution < 1.29 is 0 Å². The highest BCUT2D eigenvalue weighted by molar-refractivity contribution is 4.97. The van der Waals surface area contributed by atoms with E-state index in [1.165, 1.54) is 25.7 Å². The third-order valence-corrected chi connectivity index (χ3v) is 4.44. The Morgan fingerprint density at radius 1 is 1.24 bits per heavy atom. The SMILES string of the molecule is CNC1CC2CCC(C1)N2CCn1cccn1. The molecule has 0 spiro atoms. The van der Waals surface area contributed by atoms with Gasteiger partial charge in [-0.3, -0.25) is 9.58 Å². The molecule has 1 N–H and O–H groups in total. The Bertz CT molecular complexity index is 334. The monoisotopic (exact) mass is 234 g/mol. The van der Waals surface area contributed by atoms with Crippen LogP contribution < -0.4 is 5.32 Å². The lowest BCUT2D eigenvalue weighted by Gasteiger charge is -2.38. The van der Waals surface area contributed by atoms with Crippen molar-refractivity contribution in [1.82, 2.24) is 20.0 Å². The van der Waals surface area contributed by atoms with Gasteiger partial charge in [0.15, 0.2) is 0 Å². The average molecular weight is 234 g/mol. The molecular weight excluding hydrogens is 212 g/mol. The number of fused-ring (bicyclic) bond motifs is 2. The van der Waals surface area contributed by atoms with Gasteiger partial charge in [0.1, 0.15) is 0 Å². The summed E-state index contributed by atoms with van der Waals surface area (Å²) in [4.78, 5) is 2.72. The molecule has 2 bridgehead atoms. The summed E-state index contributed by atoms with van der Waals surface area (Å²) in [6.07, 6.45) is 9.35. The fourth-order valence-corrected chi connectivity index (χ4v) is 3.53. The first-order valence-corrected chi connectivity index (χ1v) is 6.77. The van der Waals surface area contributed by atoms with Gasteiger partial charge in [0, 0.05) is 37.1 Å². The standard InChI is InChI=1S/C13H22N4/c1-14-11-9-12-3-4-13(10-11)17(12)8-7-16-6-2-5-15-16/h2,5-6,11-14H,3-4,7-10H2,1H3. The van der Waals surface area contributed by atoms with Crippen LogP contribution >= 0.6 is 0 Å². The highest BCUT2D eigenvalue weighted by Crippen LogP contribution is 2.35. The van der Waals surface area contributed by atoms with Crippen molar-refractivity contribution in [3.05, 3.63) is 18.5 Å². The minimum atomic E-state index is 0.744. The van der Waals surface area contributed by atoms with Gasteiger partial charge < -0.3 is 5.32 Å². The first kappa shape index (κ1) is 11.2. The summed E-state index contributed by atoms with van der Waals surface area (Å²) < 4.78 is 2.05. The molecule has 3 heterocycles. The summed E-state index contributed by atoms with van der Waals surface area (Å²) in [5, 5.41) is 7.73. The number of nitrogens with zero attached hydrogens (tertiary/aromatic N) is 3. The number of hydrogen-bond donors (Lipinski definition) is 1. The Hall–Kier alpha value is -0.870. The number of piperidine rings is 1. The smallest absolute Gasteiger partial charge is 0.0536 e. The lowest BCUT2D eigenvalue weighted by Crippen LogP contribution is -2.49. The van der Waals surface area contributed by atoms with E-state index in [1.54, 1.807) is 0 Å². The molecule has 2 aliphatic heterocycles. The maximum Gasteiger partial charge on any atom is 0.0536 e. The second kappa shape index (κ2) is 4.78. The van der Waals surface area contributed by atoms with Crippen molar-refractivity contribution in [2.24, 2.45) is 0 Å². The van der Waals surface area contributed by atoms with Crippen LogP contribution in [0.1, 0.15) is 25.7 Å².